The van der Waals surface area contributed by atoms with E-state index in [0.29, 0.717) is 12.5 Å². The molecule has 2 atom stereocenters. The van der Waals surface area contributed by atoms with Crippen LogP contribution in [0.1, 0.15) is 13.3 Å². The van der Waals surface area contributed by atoms with Crippen molar-refractivity contribution in [2.24, 2.45) is 5.92 Å². The molecule has 2 saturated heterocycles. The maximum atomic E-state index is 10.8. The highest BCUT2D eigenvalue weighted by Crippen LogP contribution is 2.34. The van der Waals surface area contributed by atoms with Crippen molar-refractivity contribution in [2.45, 2.75) is 18.9 Å². The van der Waals surface area contributed by atoms with E-state index in [2.05, 4.69) is 10.6 Å². The van der Waals surface area contributed by atoms with Crippen LogP contribution in [0.2, 0.25) is 0 Å². The lowest BCUT2D eigenvalue weighted by Crippen LogP contribution is -2.47. The maximum absolute atomic E-state index is 10.8. The van der Waals surface area contributed by atoms with Crippen molar-refractivity contribution in [3.05, 3.63) is 0 Å². The summed E-state index contributed by atoms with van der Waals surface area (Å²) in [7, 11) is 0. The fraction of sp³-hybridized carbons (Fsp3) is 0.889. The number of nitrogens with one attached hydrogen (secondary N) is 2. The third-order valence-corrected chi connectivity index (χ3v) is 3.05. The van der Waals surface area contributed by atoms with E-state index < -0.39 is 0 Å². The van der Waals surface area contributed by atoms with Gasteiger partial charge in [-0.05, 0) is 6.42 Å². The molecule has 2 heterocycles. The van der Waals surface area contributed by atoms with Crippen LogP contribution in [0, 0.1) is 5.92 Å². The van der Waals surface area contributed by atoms with Crippen molar-refractivity contribution >= 4 is 5.91 Å². The Labute approximate surface area is 78.0 Å². The number of amides is 1. The average Bonchev–Trinajstić information content (AvgIpc) is 2.57. The number of carbonyl (C=O) groups is 1. The zero-order chi connectivity index (χ0) is 9.31. The number of hydrogen-bond donors (Lipinski definition) is 2. The molecule has 0 unspecified atom stereocenters. The first kappa shape index (κ1) is 8.97. The molecule has 0 radical (unpaired) electrons. The lowest BCUT2D eigenvalue weighted by atomic mass is 9.91. The molecule has 2 aliphatic rings. The maximum Gasteiger partial charge on any atom is 0.216 e. The zero-order valence-electron chi connectivity index (χ0n) is 7.93. The van der Waals surface area contributed by atoms with Crippen molar-refractivity contribution in [3.8, 4) is 0 Å². The minimum absolute atomic E-state index is 0.0236. The van der Waals surface area contributed by atoms with Crippen molar-refractivity contribution in [3.63, 3.8) is 0 Å². The molecule has 0 aromatic rings. The largest absolute Gasteiger partial charge is 0.371 e. The molecule has 0 bridgehead atoms. The molecule has 0 aromatic heterocycles. The molecule has 0 spiro atoms. The van der Waals surface area contributed by atoms with Crippen LogP contribution in [-0.2, 0) is 9.53 Å². The second-order valence-corrected chi connectivity index (χ2v) is 3.94. The standard InChI is InChI=1S/C9H16N2O2/c1-7(12)11-6-9-5-10-4-8(9)2-3-13-9/h8,10H,2-6H2,1H3,(H,11,12)/t8-,9+/m0/s1. The minimum Gasteiger partial charge on any atom is -0.371 e. The molecule has 4 heteroatoms. The quantitative estimate of drug-likeness (QED) is 0.608. The highest BCUT2D eigenvalue weighted by Gasteiger charge is 2.47. The number of carbonyl (C=O) groups excluding carboxylic acids is 1. The number of ether oxygens (including phenoxy) is 1. The van der Waals surface area contributed by atoms with Gasteiger partial charge in [0, 0.05) is 39.1 Å². The summed E-state index contributed by atoms with van der Waals surface area (Å²) in [6.45, 7) is 4.94. The normalized spacial score (nSPS) is 37.5. The Morgan fingerprint density at radius 2 is 2.62 bits per heavy atom. The van der Waals surface area contributed by atoms with Crippen LogP contribution < -0.4 is 10.6 Å². The predicted molar refractivity (Wildman–Crippen MR) is 48.3 cm³/mol. The monoisotopic (exact) mass is 184 g/mol. The summed E-state index contributed by atoms with van der Waals surface area (Å²) in [5.41, 5.74) is -0.105. The third kappa shape index (κ3) is 1.56. The Kier molecular flexibility index (Phi) is 2.26. The van der Waals surface area contributed by atoms with Gasteiger partial charge in [-0.1, -0.05) is 0 Å². The number of rotatable bonds is 2. The molecule has 0 saturated carbocycles. The van der Waals surface area contributed by atoms with Crippen molar-refractivity contribution in [1.82, 2.24) is 10.6 Å². The minimum atomic E-state index is -0.105. The van der Waals surface area contributed by atoms with Gasteiger partial charge in [0.15, 0.2) is 0 Å². The number of fused-ring (bicyclic) bond motifs is 1. The second-order valence-electron chi connectivity index (χ2n) is 3.94. The summed E-state index contributed by atoms with van der Waals surface area (Å²) >= 11 is 0. The average molecular weight is 184 g/mol. The number of hydrogen-bond acceptors (Lipinski definition) is 3. The second kappa shape index (κ2) is 3.27. The topological polar surface area (TPSA) is 50.4 Å². The summed E-state index contributed by atoms with van der Waals surface area (Å²) in [5.74, 6) is 0.606. The van der Waals surface area contributed by atoms with Crippen LogP contribution in [0.5, 0.6) is 0 Å². The third-order valence-electron chi connectivity index (χ3n) is 3.05. The van der Waals surface area contributed by atoms with E-state index in [9.17, 15) is 4.79 Å². The molecule has 1 amide bonds. The Balaban J connectivity index is 1.97. The van der Waals surface area contributed by atoms with E-state index >= 15 is 0 Å². The van der Waals surface area contributed by atoms with Crippen LogP contribution >= 0.6 is 0 Å². The van der Waals surface area contributed by atoms with Gasteiger partial charge in [0.25, 0.3) is 0 Å². The van der Waals surface area contributed by atoms with Gasteiger partial charge in [0.05, 0.1) is 0 Å². The predicted octanol–water partition coefficient (Wildman–Crippen LogP) is -0.499. The summed E-state index contributed by atoms with van der Waals surface area (Å²) < 4.78 is 5.74. The molecule has 4 nitrogen and oxygen atoms in total. The highest BCUT2D eigenvalue weighted by molar-refractivity contribution is 5.72. The lowest BCUT2D eigenvalue weighted by molar-refractivity contribution is -0.120. The van der Waals surface area contributed by atoms with Crippen molar-refractivity contribution < 1.29 is 9.53 Å². The first-order valence-corrected chi connectivity index (χ1v) is 4.82. The van der Waals surface area contributed by atoms with Gasteiger partial charge in [0.1, 0.15) is 5.60 Å². The van der Waals surface area contributed by atoms with Gasteiger partial charge in [-0.15, -0.1) is 0 Å². The zero-order valence-corrected chi connectivity index (χ0v) is 7.93. The van der Waals surface area contributed by atoms with Crippen molar-refractivity contribution in [1.29, 1.82) is 0 Å². The molecular formula is C9H16N2O2. The fourth-order valence-electron chi connectivity index (χ4n) is 2.26. The van der Waals surface area contributed by atoms with E-state index in [1.54, 1.807) is 6.92 Å². The van der Waals surface area contributed by atoms with E-state index in [0.717, 1.165) is 26.1 Å². The summed E-state index contributed by atoms with van der Waals surface area (Å²) in [4.78, 5) is 10.8. The SMILES string of the molecule is CC(=O)NC[C@]12CNC[C@@H]1CCO2. The van der Waals surface area contributed by atoms with E-state index in [4.69, 9.17) is 4.74 Å². The van der Waals surface area contributed by atoms with Gasteiger partial charge >= 0.3 is 0 Å². The summed E-state index contributed by atoms with van der Waals surface area (Å²) in [6.07, 6.45) is 1.12. The van der Waals surface area contributed by atoms with Gasteiger partial charge in [0.2, 0.25) is 5.91 Å². The Morgan fingerprint density at radius 3 is 3.38 bits per heavy atom. The lowest BCUT2D eigenvalue weighted by Gasteiger charge is -2.27. The first-order chi connectivity index (χ1) is 6.23. The molecule has 2 N–H and O–H groups in total. The smallest absolute Gasteiger partial charge is 0.216 e. The van der Waals surface area contributed by atoms with Crippen LogP contribution in [-0.4, -0.2) is 37.7 Å². The molecule has 2 fully saturated rings. The molecule has 0 aromatic carbocycles. The first-order valence-electron chi connectivity index (χ1n) is 4.82. The van der Waals surface area contributed by atoms with E-state index in [-0.39, 0.29) is 11.5 Å². The molecular weight excluding hydrogens is 168 g/mol. The molecule has 13 heavy (non-hydrogen) atoms. The van der Waals surface area contributed by atoms with Gasteiger partial charge in [-0.25, -0.2) is 0 Å². The molecule has 2 aliphatic heterocycles. The van der Waals surface area contributed by atoms with Crippen LogP contribution in [0.15, 0.2) is 0 Å². The van der Waals surface area contributed by atoms with E-state index in [1.165, 1.54) is 0 Å². The highest BCUT2D eigenvalue weighted by atomic mass is 16.5. The molecule has 74 valence electrons. The van der Waals surface area contributed by atoms with Crippen LogP contribution in [0.4, 0.5) is 0 Å². The Bertz CT molecular complexity index is 208. The summed E-state index contributed by atoms with van der Waals surface area (Å²) in [5, 5.41) is 6.16. The van der Waals surface area contributed by atoms with E-state index in [1.807, 2.05) is 0 Å². The fourth-order valence-corrected chi connectivity index (χ4v) is 2.26. The van der Waals surface area contributed by atoms with Crippen LogP contribution in [0.3, 0.4) is 0 Å². The molecule has 0 aliphatic carbocycles. The Hall–Kier alpha value is -0.610. The van der Waals surface area contributed by atoms with Crippen LogP contribution in [0.25, 0.3) is 0 Å². The van der Waals surface area contributed by atoms with Gasteiger partial charge < -0.3 is 15.4 Å². The Morgan fingerprint density at radius 1 is 1.77 bits per heavy atom. The van der Waals surface area contributed by atoms with Gasteiger partial charge in [-0.3, -0.25) is 4.79 Å². The van der Waals surface area contributed by atoms with Crippen molar-refractivity contribution in [2.75, 3.05) is 26.2 Å². The summed E-state index contributed by atoms with van der Waals surface area (Å²) in [6, 6.07) is 0. The van der Waals surface area contributed by atoms with Gasteiger partial charge in [-0.2, -0.15) is 0 Å². The molecule has 2 rings (SSSR count).